The Morgan fingerprint density at radius 2 is 2.31 bits per heavy atom. The lowest BCUT2D eigenvalue weighted by atomic mass is 10.0. The Bertz CT molecular complexity index is 427. The Hall–Kier alpha value is -1.36. The van der Waals surface area contributed by atoms with Crippen LogP contribution in [0.15, 0.2) is 41.3 Å². The minimum atomic E-state index is 0.00219. The van der Waals surface area contributed by atoms with E-state index < -0.39 is 0 Å². The van der Waals surface area contributed by atoms with Gasteiger partial charge in [-0.15, -0.1) is 0 Å². The average molecular weight is 238 g/mol. The van der Waals surface area contributed by atoms with Gasteiger partial charge in [0.2, 0.25) is 0 Å². The molecule has 84 valence electrons. The molecule has 1 unspecified atom stereocenters. The number of furan rings is 1. The van der Waals surface area contributed by atoms with Gasteiger partial charge in [-0.25, -0.2) is 4.98 Å². The fourth-order valence-electron chi connectivity index (χ4n) is 1.51. The lowest BCUT2D eigenvalue weighted by molar-refractivity contribution is 0.535. The summed E-state index contributed by atoms with van der Waals surface area (Å²) < 4.78 is 5.01. The number of halogens is 1. The largest absolute Gasteiger partial charge is 0.472 e. The zero-order valence-electron chi connectivity index (χ0n) is 8.56. The highest BCUT2D eigenvalue weighted by atomic mass is 35.5. The number of nitrogens with one attached hydrogen (secondary N) is 1. The summed E-state index contributed by atoms with van der Waals surface area (Å²) in [4.78, 5) is 4.02. The van der Waals surface area contributed by atoms with E-state index in [0.717, 1.165) is 17.5 Å². The predicted molar refractivity (Wildman–Crippen MR) is 61.7 cm³/mol. The van der Waals surface area contributed by atoms with Crippen molar-refractivity contribution in [1.82, 2.24) is 10.4 Å². The van der Waals surface area contributed by atoms with Gasteiger partial charge in [-0.3, -0.25) is 11.3 Å². The van der Waals surface area contributed by atoms with Crippen LogP contribution in [0.3, 0.4) is 0 Å². The van der Waals surface area contributed by atoms with Crippen LogP contribution in [-0.4, -0.2) is 4.98 Å². The predicted octanol–water partition coefficient (Wildman–Crippen LogP) is 2.08. The molecule has 2 rings (SSSR count). The van der Waals surface area contributed by atoms with Crippen LogP contribution in [0.4, 0.5) is 0 Å². The smallest absolute Gasteiger partial charge is 0.129 e. The maximum absolute atomic E-state index is 5.72. The van der Waals surface area contributed by atoms with Gasteiger partial charge in [0.25, 0.3) is 0 Å². The highest BCUT2D eigenvalue weighted by molar-refractivity contribution is 6.29. The Labute approximate surface area is 98.4 Å². The molecule has 0 aliphatic rings. The molecule has 0 bridgehead atoms. The number of nitrogens with zero attached hydrogens (tertiary/aromatic N) is 1. The third-order valence-corrected chi connectivity index (χ3v) is 2.60. The summed E-state index contributed by atoms with van der Waals surface area (Å²) in [5.74, 6) is 5.52. The third kappa shape index (κ3) is 2.61. The molecule has 4 nitrogen and oxygen atoms in total. The molecule has 0 aliphatic carbocycles. The SMILES string of the molecule is NNC(Cc1ccoc1)c1ccc(Cl)nc1. The molecule has 0 aliphatic heterocycles. The van der Waals surface area contributed by atoms with Crippen molar-refractivity contribution in [2.45, 2.75) is 12.5 Å². The molecule has 5 heteroatoms. The first kappa shape index (κ1) is 11.1. The summed E-state index contributed by atoms with van der Waals surface area (Å²) in [6.45, 7) is 0. The van der Waals surface area contributed by atoms with E-state index >= 15 is 0 Å². The fraction of sp³-hybridized carbons (Fsp3) is 0.182. The molecule has 1 atom stereocenters. The molecule has 2 aromatic heterocycles. The monoisotopic (exact) mass is 237 g/mol. The molecule has 0 saturated carbocycles. The maximum Gasteiger partial charge on any atom is 0.129 e. The zero-order chi connectivity index (χ0) is 11.4. The van der Waals surface area contributed by atoms with E-state index in [0.29, 0.717) is 5.15 Å². The minimum absolute atomic E-state index is 0.00219. The molecule has 16 heavy (non-hydrogen) atoms. The molecular formula is C11H12ClN3O. The summed E-state index contributed by atoms with van der Waals surface area (Å²) in [6.07, 6.45) is 5.81. The molecule has 2 heterocycles. The Morgan fingerprint density at radius 1 is 1.44 bits per heavy atom. The molecule has 0 amide bonds. The second-order valence-electron chi connectivity index (χ2n) is 3.47. The van der Waals surface area contributed by atoms with E-state index in [2.05, 4.69) is 10.4 Å². The number of hydrazine groups is 1. The van der Waals surface area contributed by atoms with Crippen LogP contribution >= 0.6 is 11.6 Å². The van der Waals surface area contributed by atoms with Gasteiger partial charge in [0.15, 0.2) is 0 Å². The third-order valence-electron chi connectivity index (χ3n) is 2.37. The second-order valence-corrected chi connectivity index (χ2v) is 3.86. The molecule has 2 aromatic rings. The first-order chi connectivity index (χ1) is 7.79. The second kappa shape index (κ2) is 5.12. The van der Waals surface area contributed by atoms with Crippen LogP contribution in [0.5, 0.6) is 0 Å². The van der Waals surface area contributed by atoms with Crippen molar-refractivity contribution in [3.8, 4) is 0 Å². The van der Waals surface area contributed by atoms with Crippen LogP contribution in [0, 0.1) is 0 Å². The summed E-state index contributed by atoms with van der Waals surface area (Å²) >= 11 is 5.72. The quantitative estimate of drug-likeness (QED) is 0.486. The Balaban J connectivity index is 2.13. The van der Waals surface area contributed by atoms with Gasteiger partial charge in [0.1, 0.15) is 5.15 Å². The van der Waals surface area contributed by atoms with Gasteiger partial charge in [0, 0.05) is 6.20 Å². The van der Waals surface area contributed by atoms with Crippen LogP contribution in [0.25, 0.3) is 0 Å². The van der Waals surface area contributed by atoms with Crippen molar-refractivity contribution in [3.63, 3.8) is 0 Å². The van der Waals surface area contributed by atoms with Crippen molar-refractivity contribution in [3.05, 3.63) is 53.2 Å². The lowest BCUT2D eigenvalue weighted by Crippen LogP contribution is -2.29. The van der Waals surface area contributed by atoms with Crippen LogP contribution in [0.1, 0.15) is 17.2 Å². The summed E-state index contributed by atoms with van der Waals surface area (Å²) in [7, 11) is 0. The van der Waals surface area contributed by atoms with Crippen molar-refractivity contribution in [2.24, 2.45) is 5.84 Å². The van der Waals surface area contributed by atoms with E-state index in [-0.39, 0.29) is 6.04 Å². The molecule has 3 N–H and O–H groups in total. The van der Waals surface area contributed by atoms with Gasteiger partial charge < -0.3 is 4.42 Å². The number of hydrogen-bond acceptors (Lipinski definition) is 4. The van der Waals surface area contributed by atoms with E-state index in [9.17, 15) is 0 Å². The number of rotatable bonds is 4. The number of hydrogen-bond donors (Lipinski definition) is 2. The maximum atomic E-state index is 5.72. The zero-order valence-corrected chi connectivity index (χ0v) is 9.32. The fourth-order valence-corrected chi connectivity index (χ4v) is 1.62. The number of nitrogens with two attached hydrogens (primary N) is 1. The first-order valence-electron chi connectivity index (χ1n) is 4.88. The Morgan fingerprint density at radius 3 is 2.88 bits per heavy atom. The molecule has 0 fully saturated rings. The molecule has 0 saturated heterocycles. The van der Waals surface area contributed by atoms with Crippen molar-refractivity contribution < 1.29 is 4.42 Å². The van der Waals surface area contributed by atoms with Gasteiger partial charge in [-0.2, -0.15) is 0 Å². The first-order valence-corrected chi connectivity index (χ1v) is 5.26. The van der Waals surface area contributed by atoms with Crippen LogP contribution in [-0.2, 0) is 6.42 Å². The van der Waals surface area contributed by atoms with Crippen LogP contribution in [0.2, 0.25) is 5.15 Å². The van der Waals surface area contributed by atoms with E-state index in [4.69, 9.17) is 21.9 Å². The normalized spacial score (nSPS) is 12.6. The lowest BCUT2D eigenvalue weighted by Gasteiger charge is -2.14. The Kier molecular flexibility index (Phi) is 3.56. The highest BCUT2D eigenvalue weighted by Crippen LogP contribution is 2.18. The van der Waals surface area contributed by atoms with Crippen molar-refractivity contribution in [2.75, 3.05) is 0 Å². The van der Waals surface area contributed by atoms with E-state index in [1.807, 2.05) is 12.1 Å². The van der Waals surface area contributed by atoms with Crippen molar-refractivity contribution >= 4 is 11.6 Å². The number of pyridine rings is 1. The van der Waals surface area contributed by atoms with Gasteiger partial charge in [0.05, 0.1) is 18.6 Å². The summed E-state index contributed by atoms with van der Waals surface area (Å²) in [6, 6.07) is 5.56. The standard InChI is InChI=1S/C11H12ClN3O/c12-11-2-1-9(6-14-11)10(15-13)5-8-3-4-16-7-8/h1-4,6-7,10,15H,5,13H2. The average Bonchev–Trinajstić information content (AvgIpc) is 2.80. The van der Waals surface area contributed by atoms with Gasteiger partial charge >= 0.3 is 0 Å². The molecule has 0 aromatic carbocycles. The summed E-state index contributed by atoms with van der Waals surface area (Å²) in [5, 5.41) is 0.475. The van der Waals surface area contributed by atoms with Gasteiger partial charge in [-0.1, -0.05) is 17.7 Å². The molecule has 0 radical (unpaired) electrons. The van der Waals surface area contributed by atoms with Crippen LogP contribution < -0.4 is 11.3 Å². The van der Waals surface area contributed by atoms with E-state index in [1.165, 1.54) is 0 Å². The summed E-state index contributed by atoms with van der Waals surface area (Å²) in [5.41, 5.74) is 4.83. The minimum Gasteiger partial charge on any atom is -0.472 e. The molecular weight excluding hydrogens is 226 g/mol. The highest BCUT2D eigenvalue weighted by Gasteiger charge is 2.11. The topological polar surface area (TPSA) is 64.1 Å². The number of aromatic nitrogens is 1. The molecule has 0 spiro atoms. The van der Waals surface area contributed by atoms with Gasteiger partial charge in [-0.05, 0) is 29.7 Å². The van der Waals surface area contributed by atoms with Crippen molar-refractivity contribution in [1.29, 1.82) is 0 Å². The van der Waals surface area contributed by atoms with E-state index in [1.54, 1.807) is 24.8 Å².